The largest absolute Gasteiger partial charge is 0.479 e. The number of carbonyl (C=O) groups is 1. The van der Waals surface area contributed by atoms with Gasteiger partial charge in [-0.1, -0.05) is 11.6 Å². The SMILES string of the molecule is COC(=O)C(C)Oc1ccc2oc(=O)n(-c3ncc(C(F)(F)F)cc3Cl)c2c1. The second-order valence-electron chi connectivity index (χ2n) is 5.64. The molecule has 0 saturated heterocycles. The minimum absolute atomic E-state index is 0.126. The number of nitrogens with zero attached hydrogens (tertiary/aromatic N) is 2. The van der Waals surface area contributed by atoms with Crippen molar-refractivity contribution in [1.29, 1.82) is 0 Å². The molecular weight excluding hydrogens is 405 g/mol. The van der Waals surface area contributed by atoms with Crippen LogP contribution in [0, 0.1) is 0 Å². The Morgan fingerprint density at radius 2 is 2.04 bits per heavy atom. The van der Waals surface area contributed by atoms with E-state index in [-0.39, 0.29) is 22.7 Å². The first kappa shape index (κ1) is 19.7. The van der Waals surface area contributed by atoms with Crippen molar-refractivity contribution in [3.8, 4) is 11.6 Å². The van der Waals surface area contributed by atoms with Gasteiger partial charge in [-0.15, -0.1) is 0 Å². The highest BCUT2D eigenvalue weighted by Crippen LogP contribution is 2.32. The Bertz CT molecular complexity index is 1110. The van der Waals surface area contributed by atoms with Crippen molar-refractivity contribution in [2.75, 3.05) is 7.11 Å². The molecule has 0 bridgehead atoms. The molecular formula is C17H12ClF3N2O5. The highest BCUT2D eigenvalue weighted by Gasteiger charge is 2.32. The van der Waals surface area contributed by atoms with E-state index < -0.39 is 34.6 Å². The number of hydrogen-bond donors (Lipinski definition) is 0. The van der Waals surface area contributed by atoms with Crippen molar-refractivity contribution in [3.63, 3.8) is 0 Å². The number of pyridine rings is 1. The first-order chi connectivity index (χ1) is 13.1. The van der Waals surface area contributed by atoms with Gasteiger partial charge in [-0.05, 0) is 25.1 Å². The van der Waals surface area contributed by atoms with Crippen molar-refractivity contribution in [1.82, 2.24) is 9.55 Å². The van der Waals surface area contributed by atoms with Crippen LogP contribution in [0.4, 0.5) is 13.2 Å². The summed E-state index contributed by atoms with van der Waals surface area (Å²) in [4.78, 5) is 27.4. The monoisotopic (exact) mass is 416 g/mol. The molecule has 0 radical (unpaired) electrons. The van der Waals surface area contributed by atoms with Gasteiger partial charge < -0.3 is 13.9 Å². The summed E-state index contributed by atoms with van der Waals surface area (Å²) in [6.45, 7) is 1.47. The molecule has 1 unspecified atom stereocenters. The standard InChI is InChI=1S/C17H12ClF3N2O5/c1-8(15(24)26-2)27-10-3-4-13-12(6-10)23(16(25)28-13)14-11(18)5-9(7-22-14)17(19,20)21/h3-8H,1-2H3. The molecule has 0 spiro atoms. The number of esters is 1. The van der Waals surface area contributed by atoms with E-state index >= 15 is 0 Å². The van der Waals surface area contributed by atoms with Crippen molar-refractivity contribution in [2.24, 2.45) is 0 Å². The molecule has 0 aliphatic rings. The fourth-order valence-corrected chi connectivity index (χ4v) is 2.69. The van der Waals surface area contributed by atoms with Crippen LogP contribution in [-0.2, 0) is 15.7 Å². The molecule has 7 nitrogen and oxygen atoms in total. The molecule has 3 rings (SSSR count). The maximum atomic E-state index is 12.8. The Morgan fingerprint density at radius 3 is 2.64 bits per heavy atom. The molecule has 148 valence electrons. The third-order valence-corrected chi connectivity index (χ3v) is 4.04. The van der Waals surface area contributed by atoms with Crippen molar-refractivity contribution in [3.05, 3.63) is 51.6 Å². The molecule has 0 N–H and O–H groups in total. The highest BCUT2D eigenvalue weighted by atomic mass is 35.5. The molecule has 2 aromatic heterocycles. The Morgan fingerprint density at radius 1 is 1.32 bits per heavy atom. The number of oxazole rings is 1. The van der Waals surface area contributed by atoms with Crippen LogP contribution < -0.4 is 10.5 Å². The van der Waals surface area contributed by atoms with Crippen molar-refractivity contribution < 1.29 is 31.9 Å². The van der Waals surface area contributed by atoms with E-state index in [9.17, 15) is 22.8 Å². The number of benzene rings is 1. The minimum Gasteiger partial charge on any atom is -0.479 e. The van der Waals surface area contributed by atoms with Gasteiger partial charge in [-0.3, -0.25) is 0 Å². The first-order valence-electron chi connectivity index (χ1n) is 7.75. The van der Waals surface area contributed by atoms with Crippen LogP contribution in [0.5, 0.6) is 5.75 Å². The predicted molar refractivity (Wildman–Crippen MR) is 91.7 cm³/mol. The molecule has 3 aromatic rings. The van der Waals surface area contributed by atoms with E-state index in [1.165, 1.54) is 32.2 Å². The quantitative estimate of drug-likeness (QED) is 0.604. The zero-order valence-electron chi connectivity index (χ0n) is 14.4. The van der Waals surface area contributed by atoms with Gasteiger partial charge in [0, 0.05) is 12.3 Å². The molecule has 0 saturated carbocycles. The number of methoxy groups -OCH3 is 1. The van der Waals surface area contributed by atoms with Crippen LogP contribution in [0.1, 0.15) is 12.5 Å². The average Bonchev–Trinajstić information content (AvgIpc) is 2.95. The minimum atomic E-state index is -4.64. The van der Waals surface area contributed by atoms with Crippen LogP contribution in [-0.4, -0.2) is 28.7 Å². The van der Waals surface area contributed by atoms with Gasteiger partial charge in [-0.25, -0.2) is 19.1 Å². The van der Waals surface area contributed by atoms with Crippen LogP contribution in [0.3, 0.4) is 0 Å². The van der Waals surface area contributed by atoms with Crippen molar-refractivity contribution in [2.45, 2.75) is 19.2 Å². The Labute approximate surface area is 160 Å². The lowest BCUT2D eigenvalue weighted by Gasteiger charge is -2.12. The summed E-state index contributed by atoms with van der Waals surface area (Å²) in [7, 11) is 1.21. The summed E-state index contributed by atoms with van der Waals surface area (Å²) < 4.78 is 54.4. The summed E-state index contributed by atoms with van der Waals surface area (Å²) >= 11 is 5.93. The summed E-state index contributed by atoms with van der Waals surface area (Å²) in [6.07, 6.45) is -5.00. The van der Waals surface area contributed by atoms with Gasteiger partial charge in [0.05, 0.1) is 17.7 Å². The number of fused-ring (bicyclic) bond motifs is 1. The lowest BCUT2D eigenvalue weighted by Crippen LogP contribution is -2.24. The maximum absolute atomic E-state index is 12.8. The van der Waals surface area contributed by atoms with Gasteiger partial charge >= 0.3 is 17.9 Å². The number of aromatic nitrogens is 2. The molecule has 0 aliphatic heterocycles. The topological polar surface area (TPSA) is 83.6 Å². The van der Waals surface area contributed by atoms with Gasteiger partial charge in [0.25, 0.3) is 0 Å². The van der Waals surface area contributed by atoms with Gasteiger partial charge in [0.1, 0.15) is 11.3 Å². The Hall–Kier alpha value is -3.01. The van der Waals surface area contributed by atoms with E-state index in [1.807, 2.05) is 0 Å². The molecule has 2 heterocycles. The van der Waals surface area contributed by atoms with Crippen LogP contribution in [0.15, 0.2) is 39.7 Å². The number of rotatable bonds is 4. The van der Waals surface area contributed by atoms with Crippen LogP contribution >= 0.6 is 11.6 Å². The number of alkyl halides is 3. The molecule has 1 atom stereocenters. The number of hydrogen-bond acceptors (Lipinski definition) is 6. The van der Waals surface area contributed by atoms with Gasteiger partial charge in [0.2, 0.25) is 0 Å². The molecule has 0 amide bonds. The average molecular weight is 417 g/mol. The van der Waals surface area contributed by atoms with E-state index in [0.29, 0.717) is 12.3 Å². The third-order valence-electron chi connectivity index (χ3n) is 3.76. The fourth-order valence-electron chi connectivity index (χ4n) is 2.44. The lowest BCUT2D eigenvalue weighted by molar-refractivity contribution is -0.148. The van der Waals surface area contributed by atoms with E-state index in [4.69, 9.17) is 20.8 Å². The van der Waals surface area contributed by atoms with Crippen LogP contribution in [0.25, 0.3) is 16.9 Å². The maximum Gasteiger partial charge on any atom is 0.425 e. The predicted octanol–water partition coefficient (Wildman–Crippen LogP) is 3.59. The first-order valence-corrected chi connectivity index (χ1v) is 8.13. The lowest BCUT2D eigenvalue weighted by atomic mass is 10.2. The summed E-state index contributed by atoms with van der Waals surface area (Å²) in [5.41, 5.74) is -0.785. The van der Waals surface area contributed by atoms with E-state index in [0.717, 1.165) is 4.57 Å². The van der Waals surface area contributed by atoms with E-state index in [2.05, 4.69) is 9.72 Å². The number of carbonyl (C=O) groups excluding carboxylic acids is 1. The molecule has 28 heavy (non-hydrogen) atoms. The zero-order chi connectivity index (χ0) is 20.6. The molecule has 11 heteroatoms. The summed E-state index contributed by atoms with van der Waals surface area (Å²) in [6, 6.07) is 4.89. The smallest absolute Gasteiger partial charge is 0.425 e. The second kappa shape index (κ2) is 7.19. The van der Waals surface area contributed by atoms with Gasteiger partial charge in [0.15, 0.2) is 17.5 Å². The van der Waals surface area contributed by atoms with Crippen molar-refractivity contribution >= 4 is 28.7 Å². The van der Waals surface area contributed by atoms with E-state index in [1.54, 1.807) is 0 Å². The Kier molecular flexibility index (Phi) is 5.07. The number of ether oxygens (including phenoxy) is 2. The van der Waals surface area contributed by atoms with Gasteiger partial charge in [-0.2, -0.15) is 13.2 Å². The molecule has 1 aromatic carbocycles. The summed E-state index contributed by atoms with van der Waals surface area (Å²) in [5.74, 6) is -1.56. The summed E-state index contributed by atoms with van der Waals surface area (Å²) in [5, 5.41) is -0.395. The third kappa shape index (κ3) is 3.68. The zero-order valence-corrected chi connectivity index (χ0v) is 15.2. The number of halogens is 4. The normalized spacial score (nSPS) is 12.8. The highest BCUT2D eigenvalue weighted by molar-refractivity contribution is 6.32. The van der Waals surface area contributed by atoms with Crippen LogP contribution in [0.2, 0.25) is 5.02 Å². The molecule has 0 fully saturated rings. The molecule has 0 aliphatic carbocycles. The second-order valence-corrected chi connectivity index (χ2v) is 6.05. The Balaban J connectivity index is 2.09. The fraction of sp³-hybridized carbons (Fsp3) is 0.235.